The zero-order valence-electron chi connectivity index (χ0n) is 12.2. The molecule has 1 N–H and O–H groups in total. The van der Waals surface area contributed by atoms with Crippen LogP contribution in [0.15, 0.2) is 56.9 Å². The van der Waals surface area contributed by atoms with Gasteiger partial charge in [-0.2, -0.15) is 13.5 Å². The minimum atomic E-state index is -3.61. The lowest BCUT2D eigenvalue weighted by molar-refractivity contribution is 0.599. The molecule has 5 nitrogen and oxygen atoms in total. The highest BCUT2D eigenvalue weighted by molar-refractivity contribution is 7.90. The third-order valence-electron chi connectivity index (χ3n) is 3.44. The number of rotatable bonds is 2. The van der Waals surface area contributed by atoms with Gasteiger partial charge in [-0.15, -0.1) is 4.40 Å². The van der Waals surface area contributed by atoms with E-state index in [2.05, 4.69) is 14.9 Å². The number of amidine groups is 1. The average Bonchev–Trinajstić information content (AvgIpc) is 2.75. The summed E-state index contributed by atoms with van der Waals surface area (Å²) in [5.74, 6) is 0.247. The van der Waals surface area contributed by atoms with E-state index in [1.807, 2.05) is 32.0 Å². The molecule has 22 heavy (non-hydrogen) atoms. The summed E-state index contributed by atoms with van der Waals surface area (Å²) in [4.78, 5) is 0.208. The quantitative estimate of drug-likeness (QED) is 0.683. The predicted molar refractivity (Wildman–Crippen MR) is 86.8 cm³/mol. The Balaban J connectivity index is 1.86. The lowest BCUT2D eigenvalue weighted by Gasteiger charge is -2.03. The van der Waals surface area contributed by atoms with Crippen LogP contribution >= 0.6 is 0 Å². The number of nitrogens with zero attached hydrogens (tertiary/aromatic N) is 2. The first-order valence-electron chi connectivity index (χ1n) is 6.78. The molecule has 2 aromatic carbocycles. The molecular weight excluding hydrogens is 298 g/mol. The summed E-state index contributed by atoms with van der Waals surface area (Å²) in [6.07, 6.45) is 1.67. The zero-order chi connectivity index (χ0) is 15.7. The third-order valence-corrected chi connectivity index (χ3v) is 4.78. The summed E-state index contributed by atoms with van der Waals surface area (Å²) in [6.45, 7) is 4.00. The van der Waals surface area contributed by atoms with E-state index in [0.717, 1.165) is 16.7 Å². The van der Waals surface area contributed by atoms with Gasteiger partial charge < -0.3 is 0 Å². The molecule has 6 heteroatoms. The molecule has 1 aliphatic heterocycles. The first-order chi connectivity index (χ1) is 10.5. The molecule has 1 aliphatic rings. The van der Waals surface area contributed by atoms with E-state index in [1.54, 1.807) is 24.4 Å². The van der Waals surface area contributed by atoms with Crippen molar-refractivity contribution in [2.24, 2.45) is 9.50 Å². The molecule has 0 aromatic heterocycles. The van der Waals surface area contributed by atoms with Gasteiger partial charge in [-0.3, -0.25) is 5.43 Å². The van der Waals surface area contributed by atoms with E-state index in [0.29, 0.717) is 5.56 Å². The molecule has 0 fully saturated rings. The van der Waals surface area contributed by atoms with E-state index < -0.39 is 10.0 Å². The van der Waals surface area contributed by atoms with Crippen LogP contribution in [-0.4, -0.2) is 20.5 Å². The van der Waals surface area contributed by atoms with Crippen LogP contribution in [0.1, 0.15) is 22.3 Å². The molecule has 0 spiro atoms. The van der Waals surface area contributed by atoms with E-state index in [1.165, 1.54) is 6.07 Å². The first kappa shape index (κ1) is 14.5. The Labute approximate surface area is 129 Å². The highest BCUT2D eigenvalue weighted by Crippen LogP contribution is 2.24. The van der Waals surface area contributed by atoms with Gasteiger partial charge in [-0.05, 0) is 37.1 Å². The van der Waals surface area contributed by atoms with Gasteiger partial charge in [0.15, 0.2) is 5.84 Å². The molecule has 0 aliphatic carbocycles. The van der Waals surface area contributed by atoms with Gasteiger partial charge in [-0.1, -0.05) is 35.9 Å². The largest absolute Gasteiger partial charge is 0.285 e. The molecule has 0 bridgehead atoms. The first-order valence-corrected chi connectivity index (χ1v) is 8.22. The number of benzene rings is 2. The molecule has 0 amide bonds. The molecule has 3 rings (SSSR count). The average molecular weight is 313 g/mol. The molecule has 0 saturated heterocycles. The maximum atomic E-state index is 11.9. The normalized spacial score (nSPS) is 15.6. The van der Waals surface area contributed by atoms with Gasteiger partial charge in [-0.25, -0.2) is 0 Å². The van der Waals surface area contributed by atoms with Crippen LogP contribution in [0.2, 0.25) is 0 Å². The van der Waals surface area contributed by atoms with Crippen molar-refractivity contribution in [2.45, 2.75) is 18.7 Å². The molecule has 0 atom stereocenters. The predicted octanol–water partition coefficient (Wildman–Crippen LogP) is 2.38. The van der Waals surface area contributed by atoms with Crippen LogP contribution in [0.4, 0.5) is 0 Å². The number of hydrogen-bond acceptors (Lipinski definition) is 4. The fourth-order valence-corrected chi connectivity index (χ4v) is 3.42. The van der Waals surface area contributed by atoms with Crippen molar-refractivity contribution in [1.29, 1.82) is 0 Å². The smallest absolute Gasteiger partial charge is 0.260 e. The van der Waals surface area contributed by atoms with Crippen molar-refractivity contribution in [3.05, 3.63) is 64.7 Å². The number of hydrogen-bond donors (Lipinski definition) is 1. The van der Waals surface area contributed by atoms with Crippen LogP contribution < -0.4 is 5.43 Å². The highest BCUT2D eigenvalue weighted by Gasteiger charge is 2.28. The Morgan fingerprint density at radius 3 is 2.73 bits per heavy atom. The molecule has 0 unspecified atom stereocenters. The van der Waals surface area contributed by atoms with Crippen LogP contribution in [0.3, 0.4) is 0 Å². The van der Waals surface area contributed by atoms with Crippen molar-refractivity contribution in [3.8, 4) is 0 Å². The number of aryl methyl sites for hydroxylation is 2. The van der Waals surface area contributed by atoms with Gasteiger partial charge in [0.25, 0.3) is 10.0 Å². The molecule has 0 radical (unpaired) electrons. The lowest BCUT2D eigenvalue weighted by Crippen LogP contribution is -2.17. The summed E-state index contributed by atoms with van der Waals surface area (Å²) in [6, 6.07) is 12.8. The lowest BCUT2D eigenvalue weighted by atomic mass is 10.1. The maximum absolute atomic E-state index is 11.9. The van der Waals surface area contributed by atoms with E-state index in [4.69, 9.17) is 0 Å². The van der Waals surface area contributed by atoms with Crippen molar-refractivity contribution in [3.63, 3.8) is 0 Å². The Kier molecular flexibility index (Phi) is 3.54. The minimum absolute atomic E-state index is 0.208. The fraction of sp³-hybridized carbons (Fsp3) is 0.125. The molecule has 2 aromatic rings. The van der Waals surface area contributed by atoms with E-state index in [-0.39, 0.29) is 10.7 Å². The van der Waals surface area contributed by atoms with Crippen molar-refractivity contribution >= 4 is 22.1 Å². The molecule has 1 heterocycles. The van der Waals surface area contributed by atoms with Crippen LogP contribution in [0.25, 0.3) is 0 Å². The Bertz CT molecular complexity index is 899. The minimum Gasteiger partial charge on any atom is -0.260 e. The van der Waals surface area contributed by atoms with Gasteiger partial charge in [0.2, 0.25) is 0 Å². The van der Waals surface area contributed by atoms with Crippen LogP contribution in [-0.2, 0) is 10.0 Å². The van der Waals surface area contributed by atoms with Crippen molar-refractivity contribution in [2.75, 3.05) is 0 Å². The number of sulfonamides is 1. The van der Waals surface area contributed by atoms with Crippen LogP contribution in [0.5, 0.6) is 0 Å². The van der Waals surface area contributed by atoms with Gasteiger partial charge in [0, 0.05) is 5.56 Å². The van der Waals surface area contributed by atoms with Crippen molar-refractivity contribution in [1.82, 2.24) is 5.43 Å². The summed E-state index contributed by atoms with van der Waals surface area (Å²) < 4.78 is 27.6. The zero-order valence-corrected chi connectivity index (χ0v) is 13.1. The molecule has 112 valence electrons. The third kappa shape index (κ3) is 2.65. The van der Waals surface area contributed by atoms with E-state index in [9.17, 15) is 8.42 Å². The summed E-state index contributed by atoms with van der Waals surface area (Å²) in [5, 5.41) is 4.12. The van der Waals surface area contributed by atoms with Gasteiger partial charge >= 0.3 is 0 Å². The SMILES string of the molecule is Cc1ccc(C)c(C=NNC2=NS(=O)(=O)c3ccccc32)c1. The molecular formula is C16H15N3O2S. The Hall–Kier alpha value is -2.47. The maximum Gasteiger partial charge on any atom is 0.285 e. The summed E-state index contributed by atoms with van der Waals surface area (Å²) in [5.41, 5.74) is 6.48. The summed E-state index contributed by atoms with van der Waals surface area (Å²) in [7, 11) is -3.61. The van der Waals surface area contributed by atoms with Gasteiger partial charge in [0.05, 0.1) is 6.21 Å². The van der Waals surface area contributed by atoms with E-state index >= 15 is 0 Å². The van der Waals surface area contributed by atoms with Crippen molar-refractivity contribution < 1.29 is 8.42 Å². The highest BCUT2D eigenvalue weighted by atomic mass is 32.2. The second kappa shape index (κ2) is 5.38. The number of nitrogens with one attached hydrogen (secondary N) is 1. The second-order valence-corrected chi connectivity index (χ2v) is 6.71. The Morgan fingerprint density at radius 1 is 1.14 bits per heavy atom. The monoisotopic (exact) mass is 313 g/mol. The van der Waals surface area contributed by atoms with Gasteiger partial charge in [0.1, 0.15) is 4.90 Å². The number of hydrazone groups is 1. The second-order valence-electron chi connectivity index (χ2n) is 5.14. The standard InChI is InChI=1S/C16H15N3O2S/c1-11-7-8-12(2)13(9-11)10-17-18-16-14-5-3-4-6-15(14)22(20,21)19-16/h3-10H,1-2H3,(H,18,19). The number of fused-ring (bicyclic) bond motifs is 1. The summed E-state index contributed by atoms with van der Waals surface area (Å²) >= 11 is 0. The Morgan fingerprint density at radius 2 is 1.91 bits per heavy atom. The molecule has 0 saturated carbocycles. The topological polar surface area (TPSA) is 70.9 Å². The fourth-order valence-electron chi connectivity index (χ4n) is 2.25. The van der Waals surface area contributed by atoms with Crippen LogP contribution in [0, 0.1) is 13.8 Å².